The van der Waals surface area contributed by atoms with Gasteiger partial charge in [-0.2, -0.15) is 0 Å². The van der Waals surface area contributed by atoms with Gasteiger partial charge >= 0.3 is 0 Å². The number of nitrogens with zero attached hydrogens (tertiary/aromatic N) is 3. The molecule has 0 aliphatic carbocycles. The summed E-state index contributed by atoms with van der Waals surface area (Å²) in [5, 5.41) is 3.99. The van der Waals surface area contributed by atoms with Gasteiger partial charge in [0.25, 0.3) is 0 Å². The largest absolute Gasteiger partial charge is 0.380 e. The molecule has 2 atom stereocenters. The van der Waals surface area contributed by atoms with Gasteiger partial charge in [-0.1, -0.05) is 17.3 Å². The first kappa shape index (κ1) is 15.7. The molecule has 1 fully saturated rings. The summed E-state index contributed by atoms with van der Waals surface area (Å²) in [6.07, 6.45) is 1.11. The Balaban J connectivity index is 1.48. The van der Waals surface area contributed by atoms with Gasteiger partial charge in [0.2, 0.25) is 0 Å². The molecule has 0 spiro atoms. The van der Waals surface area contributed by atoms with Gasteiger partial charge in [-0.15, -0.1) is 11.3 Å². The van der Waals surface area contributed by atoms with E-state index in [1.54, 1.807) is 18.4 Å². The van der Waals surface area contributed by atoms with Gasteiger partial charge in [0.15, 0.2) is 0 Å². The zero-order chi connectivity index (χ0) is 16.5. The predicted octanol–water partition coefficient (Wildman–Crippen LogP) is 3.28. The first-order valence-corrected chi connectivity index (χ1v) is 9.09. The molecule has 3 heterocycles. The summed E-state index contributed by atoms with van der Waals surface area (Å²) in [6, 6.07) is 8.39. The van der Waals surface area contributed by atoms with E-state index in [2.05, 4.69) is 33.2 Å². The molecule has 1 aliphatic heterocycles. The van der Waals surface area contributed by atoms with E-state index in [9.17, 15) is 0 Å². The Labute approximate surface area is 145 Å². The van der Waals surface area contributed by atoms with Gasteiger partial charge in [0.1, 0.15) is 5.76 Å². The summed E-state index contributed by atoms with van der Waals surface area (Å²) in [7, 11) is 1.80. The average Bonchev–Trinajstić information content (AvgIpc) is 3.28. The SMILES string of the molecule is CO[C@@H]1CN(Cc2cccc3ncsc23)C[C@H]1Cc1cc(C)no1. The second kappa shape index (κ2) is 6.63. The fourth-order valence-electron chi connectivity index (χ4n) is 3.60. The minimum atomic E-state index is 0.232. The lowest BCUT2D eigenvalue weighted by molar-refractivity contribution is 0.0762. The Morgan fingerprint density at radius 3 is 3.08 bits per heavy atom. The van der Waals surface area contributed by atoms with E-state index in [1.807, 2.05) is 18.5 Å². The van der Waals surface area contributed by atoms with E-state index >= 15 is 0 Å². The van der Waals surface area contributed by atoms with Crippen molar-refractivity contribution in [3.8, 4) is 0 Å². The molecule has 4 rings (SSSR count). The number of fused-ring (bicyclic) bond motifs is 1. The van der Waals surface area contributed by atoms with Crippen molar-refractivity contribution in [3.63, 3.8) is 0 Å². The molecule has 0 N–H and O–H groups in total. The van der Waals surface area contributed by atoms with Crippen LogP contribution >= 0.6 is 11.3 Å². The fraction of sp³-hybridized carbons (Fsp3) is 0.444. The van der Waals surface area contributed by atoms with Gasteiger partial charge in [-0.05, 0) is 18.6 Å². The third-order valence-electron chi connectivity index (χ3n) is 4.73. The molecule has 0 bridgehead atoms. The van der Waals surface area contributed by atoms with E-state index in [1.165, 1.54) is 10.3 Å². The summed E-state index contributed by atoms with van der Waals surface area (Å²) in [5.41, 5.74) is 5.30. The van der Waals surface area contributed by atoms with Crippen molar-refractivity contribution >= 4 is 21.6 Å². The maximum absolute atomic E-state index is 5.73. The van der Waals surface area contributed by atoms with Crippen molar-refractivity contribution in [3.05, 3.63) is 46.8 Å². The minimum absolute atomic E-state index is 0.232. The summed E-state index contributed by atoms with van der Waals surface area (Å²) in [6.45, 7) is 4.85. The minimum Gasteiger partial charge on any atom is -0.380 e. The second-order valence-corrected chi connectivity index (χ2v) is 7.34. The molecular weight excluding hydrogens is 322 g/mol. The number of aryl methyl sites for hydroxylation is 1. The molecule has 126 valence electrons. The third-order valence-corrected chi connectivity index (χ3v) is 5.65. The van der Waals surface area contributed by atoms with Crippen LogP contribution in [0.3, 0.4) is 0 Å². The number of ether oxygens (including phenoxy) is 1. The summed E-state index contributed by atoms with van der Waals surface area (Å²) in [5.74, 6) is 1.38. The highest BCUT2D eigenvalue weighted by molar-refractivity contribution is 7.16. The van der Waals surface area contributed by atoms with Crippen LogP contribution in [0.15, 0.2) is 34.3 Å². The number of methoxy groups -OCH3 is 1. The van der Waals surface area contributed by atoms with Crippen LogP contribution < -0.4 is 0 Å². The highest BCUT2D eigenvalue weighted by atomic mass is 32.1. The molecule has 6 heteroatoms. The van der Waals surface area contributed by atoms with Gasteiger partial charge in [-0.25, -0.2) is 4.98 Å². The first-order valence-electron chi connectivity index (χ1n) is 8.21. The maximum Gasteiger partial charge on any atom is 0.137 e. The lowest BCUT2D eigenvalue weighted by Gasteiger charge is -2.15. The molecule has 5 nitrogen and oxygen atoms in total. The number of thiazole rings is 1. The van der Waals surface area contributed by atoms with E-state index in [0.717, 1.165) is 43.0 Å². The van der Waals surface area contributed by atoms with Crippen molar-refractivity contribution in [1.29, 1.82) is 0 Å². The van der Waals surface area contributed by atoms with Crippen molar-refractivity contribution in [2.75, 3.05) is 20.2 Å². The van der Waals surface area contributed by atoms with Crippen LogP contribution in [0.4, 0.5) is 0 Å². The molecule has 0 saturated carbocycles. The first-order chi connectivity index (χ1) is 11.7. The topological polar surface area (TPSA) is 51.4 Å². The quantitative estimate of drug-likeness (QED) is 0.711. The van der Waals surface area contributed by atoms with Gasteiger partial charge in [0.05, 0.1) is 27.5 Å². The fourth-order valence-corrected chi connectivity index (χ4v) is 4.40. The van der Waals surface area contributed by atoms with E-state index in [4.69, 9.17) is 9.26 Å². The van der Waals surface area contributed by atoms with Crippen molar-refractivity contribution in [2.24, 2.45) is 5.92 Å². The molecular formula is C18H21N3O2S. The van der Waals surface area contributed by atoms with Crippen LogP contribution in [0, 0.1) is 12.8 Å². The van der Waals surface area contributed by atoms with Crippen molar-refractivity contribution < 1.29 is 9.26 Å². The summed E-state index contributed by atoms with van der Waals surface area (Å²) < 4.78 is 12.4. The number of hydrogen-bond donors (Lipinski definition) is 0. The molecule has 24 heavy (non-hydrogen) atoms. The van der Waals surface area contributed by atoms with Crippen LogP contribution in [0.5, 0.6) is 0 Å². The number of aromatic nitrogens is 2. The number of benzene rings is 1. The van der Waals surface area contributed by atoms with Crippen molar-refractivity contribution in [2.45, 2.75) is 26.0 Å². The predicted molar refractivity (Wildman–Crippen MR) is 94.1 cm³/mol. The van der Waals surface area contributed by atoms with Crippen LogP contribution in [-0.2, 0) is 17.7 Å². The smallest absolute Gasteiger partial charge is 0.137 e. The van der Waals surface area contributed by atoms with E-state index in [-0.39, 0.29) is 6.10 Å². The highest BCUT2D eigenvalue weighted by Crippen LogP contribution is 2.28. The molecule has 0 amide bonds. The molecule has 2 aromatic heterocycles. The monoisotopic (exact) mass is 343 g/mol. The third kappa shape index (κ3) is 3.09. The van der Waals surface area contributed by atoms with Gasteiger partial charge < -0.3 is 9.26 Å². The Morgan fingerprint density at radius 1 is 1.38 bits per heavy atom. The Kier molecular flexibility index (Phi) is 4.35. The lowest BCUT2D eigenvalue weighted by atomic mass is 10.0. The van der Waals surface area contributed by atoms with Crippen LogP contribution in [0.25, 0.3) is 10.2 Å². The second-order valence-electron chi connectivity index (χ2n) is 6.48. The number of likely N-dealkylation sites (tertiary alicyclic amines) is 1. The molecule has 1 aromatic carbocycles. The Bertz CT molecular complexity index is 828. The van der Waals surface area contributed by atoms with Crippen LogP contribution in [0.1, 0.15) is 17.0 Å². The van der Waals surface area contributed by atoms with Crippen LogP contribution in [-0.4, -0.2) is 41.3 Å². The van der Waals surface area contributed by atoms with E-state index < -0.39 is 0 Å². The zero-order valence-corrected chi connectivity index (χ0v) is 14.8. The Morgan fingerprint density at radius 2 is 2.29 bits per heavy atom. The van der Waals surface area contributed by atoms with Gasteiger partial charge in [-0.3, -0.25) is 4.90 Å². The lowest BCUT2D eigenvalue weighted by Crippen LogP contribution is -2.23. The molecule has 0 unspecified atom stereocenters. The molecule has 0 radical (unpaired) electrons. The van der Waals surface area contributed by atoms with Gasteiger partial charge in [0, 0.05) is 45.1 Å². The normalized spacial score (nSPS) is 21.8. The highest BCUT2D eigenvalue weighted by Gasteiger charge is 2.33. The number of rotatable bonds is 5. The van der Waals surface area contributed by atoms with Crippen molar-refractivity contribution in [1.82, 2.24) is 15.0 Å². The average molecular weight is 343 g/mol. The molecule has 1 aliphatic rings. The Hall–Kier alpha value is -1.76. The standard InChI is InChI=1S/C18H21N3O2S/c1-12-6-15(23-20-12)7-14-9-21(10-17(14)22-2)8-13-4-3-5-16-18(13)24-11-19-16/h3-6,11,14,17H,7-10H2,1-2H3/t14-,17-/m1/s1. The number of hydrogen-bond acceptors (Lipinski definition) is 6. The molecule has 1 saturated heterocycles. The summed E-state index contributed by atoms with van der Waals surface area (Å²) >= 11 is 1.72. The summed E-state index contributed by atoms with van der Waals surface area (Å²) in [4.78, 5) is 6.88. The zero-order valence-electron chi connectivity index (χ0n) is 13.9. The maximum atomic E-state index is 5.73. The van der Waals surface area contributed by atoms with E-state index in [0.29, 0.717) is 5.92 Å². The molecule has 3 aromatic rings. The van der Waals surface area contributed by atoms with Crippen LogP contribution in [0.2, 0.25) is 0 Å².